The number of carboxylic acids is 1. The maximum atomic E-state index is 11.9. The Hall–Kier alpha value is -1.24. The first-order chi connectivity index (χ1) is 9.13. The highest BCUT2D eigenvalue weighted by Gasteiger charge is 2.05. The summed E-state index contributed by atoms with van der Waals surface area (Å²) in [6, 6.07) is 6.77. The first-order valence-corrected chi connectivity index (χ1v) is 7.21. The maximum absolute atomic E-state index is 11.9. The smallest absolute Gasteiger partial charge is 0.307 e. The van der Waals surface area contributed by atoms with Crippen LogP contribution in [-0.4, -0.2) is 48.0 Å². The van der Waals surface area contributed by atoms with Crippen LogP contribution in [0, 0.1) is 0 Å². The Morgan fingerprint density at radius 1 is 1.21 bits per heavy atom. The Balaban J connectivity index is 2.38. The average molecular weight is 286 g/mol. The lowest BCUT2D eigenvalue weighted by Gasteiger charge is -2.05. The first kappa shape index (κ1) is 15.8. The molecule has 0 saturated carbocycles. The van der Waals surface area contributed by atoms with E-state index in [0.717, 1.165) is 0 Å². The van der Waals surface area contributed by atoms with Crippen molar-refractivity contribution in [1.29, 1.82) is 0 Å². The molecular formula is C13H18O5S. The molecule has 19 heavy (non-hydrogen) atoms. The predicted octanol–water partition coefficient (Wildman–Crippen LogP) is 1.08. The van der Waals surface area contributed by atoms with Crippen LogP contribution in [0.2, 0.25) is 0 Å². The number of rotatable bonds is 9. The van der Waals surface area contributed by atoms with Gasteiger partial charge in [-0.05, 0) is 17.7 Å². The molecule has 0 spiro atoms. The fraction of sp³-hybridized carbons (Fsp3) is 0.462. The summed E-state index contributed by atoms with van der Waals surface area (Å²) in [5.41, 5.74) is 0.699. The Morgan fingerprint density at radius 3 is 2.47 bits per heavy atom. The van der Waals surface area contributed by atoms with Crippen molar-refractivity contribution >= 4 is 16.8 Å². The van der Waals surface area contributed by atoms with Crippen LogP contribution in [0.3, 0.4) is 0 Å². The number of aliphatic carboxylic acids is 1. The van der Waals surface area contributed by atoms with Crippen molar-refractivity contribution in [2.24, 2.45) is 0 Å². The largest absolute Gasteiger partial charge is 0.481 e. The number of carbonyl (C=O) groups is 1. The normalized spacial score (nSPS) is 12.3. The molecule has 0 amide bonds. The van der Waals surface area contributed by atoms with Crippen molar-refractivity contribution in [2.45, 2.75) is 11.3 Å². The van der Waals surface area contributed by atoms with E-state index in [1.165, 1.54) is 0 Å². The van der Waals surface area contributed by atoms with Crippen LogP contribution >= 0.6 is 0 Å². The highest BCUT2D eigenvalue weighted by molar-refractivity contribution is 7.85. The summed E-state index contributed by atoms with van der Waals surface area (Å²) in [7, 11) is 0.474. The molecule has 0 aliphatic carbocycles. The lowest BCUT2D eigenvalue weighted by atomic mass is 10.2. The minimum Gasteiger partial charge on any atom is -0.481 e. The quantitative estimate of drug-likeness (QED) is 0.688. The molecule has 0 radical (unpaired) electrons. The summed E-state index contributed by atoms with van der Waals surface area (Å²) >= 11 is 0. The van der Waals surface area contributed by atoms with Gasteiger partial charge in [0.2, 0.25) is 0 Å². The molecule has 1 aromatic carbocycles. The average Bonchev–Trinajstić information content (AvgIpc) is 2.38. The van der Waals surface area contributed by atoms with Crippen molar-refractivity contribution < 1.29 is 23.6 Å². The van der Waals surface area contributed by atoms with Gasteiger partial charge in [0.05, 0.1) is 42.8 Å². The molecule has 1 atom stereocenters. The molecule has 0 heterocycles. The van der Waals surface area contributed by atoms with E-state index in [1.807, 2.05) is 0 Å². The Bertz CT molecular complexity index is 416. The molecule has 0 bridgehead atoms. The number of hydrogen-bond acceptors (Lipinski definition) is 4. The lowest BCUT2D eigenvalue weighted by Crippen LogP contribution is -2.09. The number of benzene rings is 1. The Kier molecular flexibility index (Phi) is 7.32. The predicted molar refractivity (Wildman–Crippen MR) is 71.8 cm³/mol. The van der Waals surface area contributed by atoms with E-state index in [2.05, 4.69) is 0 Å². The van der Waals surface area contributed by atoms with Gasteiger partial charge in [0, 0.05) is 12.0 Å². The van der Waals surface area contributed by atoms with E-state index in [4.69, 9.17) is 14.6 Å². The molecule has 0 saturated heterocycles. The number of carboxylic acid groups (broad SMARTS) is 1. The second-order valence-electron chi connectivity index (χ2n) is 3.87. The van der Waals surface area contributed by atoms with Gasteiger partial charge in [-0.25, -0.2) is 0 Å². The molecule has 5 nitrogen and oxygen atoms in total. The minimum absolute atomic E-state index is 0.0208. The van der Waals surface area contributed by atoms with Crippen molar-refractivity contribution in [3.05, 3.63) is 29.8 Å². The van der Waals surface area contributed by atoms with Crippen molar-refractivity contribution in [2.75, 3.05) is 32.7 Å². The Labute approximate surface area is 115 Å². The zero-order valence-corrected chi connectivity index (χ0v) is 11.6. The first-order valence-electron chi connectivity index (χ1n) is 5.89. The van der Waals surface area contributed by atoms with E-state index in [1.54, 1.807) is 31.4 Å². The van der Waals surface area contributed by atoms with Crippen LogP contribution in [0.25, 0.3) is 0 Å². The van der Waals surface area contributed by atoms with Gasteiger partial charge in [0.15, 0.2) is 0 Å². The van der Waals surface area contributed by atoms with Gasteiger partial charge in [-0.15, -0.1) is 0 Å². The zero-order chi connectivity index (χ0) is 14.1. The summed E-state index contributed by atoms with van der Waals surface area (Å²) in [4.78, 5) is 11.2. The van der Waals surface area contributed by atoms with Crippen LogP contribution < -0.4 is 0 Å². The summed E-state index contributed by atoms with van der Waals surface area (Å²) in [5.74, 6) is -0.456. The molecule has 0 aromatic heterocycles. The van der Waals surface area contributed by atoms with Gasteiger partial charge in [-0.3, -0.25) is 9.00 Å². The maximum Gasteiger partial charge on any atom is 0.307 e. The fourth-order valence-electron chi connectivity index (χ4n) is 1.43. The van der Waals surface area contributed by atoms with Crippen molar-refractivity contribution in [1.82, 2.24) is 0 Å². The van der Waals surface area contributed by atoms with Gasteiger partial charge < -0.3 is 14.6 Å². The minimum atomic E-state index is -1.12. The second kappa shape index (κ2) is 8.79. The molecule has 106 valence electrons. The van der Waals surface area contributed by atoms with E-state index in [-0.39, 0.29) is 6.42 Å². The lowest BCUT2D eigenvalue weighted by molar-refractivity contribution is -0.136. The van der Waals surface area contributed by atoms with Crippen LogP contribution in [0.1, 0.15) is 5.56 Å². The van der Waals surface area contributed by atoms with Crippen LogP contribution in [0.15, 0.2) is 29.2 Å². The van der Waals surface area contributed by atoms with E-state index in [0.29, 0.717) is 36.0 Å². The van der Waals surface area contributed by atoms with E-state index >= 15 is 0 Å². The number of hydrogen-bond donors (Lipinski definition) is 1. The fourth-order valence-corrected chi connectivity index (χ4v) is 2.38. The third kappa shape index (κ3) is 6.47. The Morgan fingerprint density at radius 2 is 1.89 bits per heavy atom. The van der Waals surface area contributed by atoms with Gasteiger partial charge in [-0.2, -0.15) is 0 Å². The number of methoxy groups -OCH3 is 1. The second-order valence-corrected chi connectivity index (χ2v) is 5.44. The summed E-state index contributed by atoms with van der Waals surface area (Å²) in [6.45, 7) is 1.43. The highest BCUT2D eigenvalue weighted by atomic mass is 32.2. The molecule has 1 rings (SSSR count). The molecule has 1 N–H and O–H groups in total. The standard InChI is InChI=1S/C13H18O5S/c1-17-6-7-18-8-9-19(16)12-4-2-11(3-5-12)10-13(14)15/h2-5H,6-10H2,1H3,(H,14,15). The number of ether oxygens (including phenoxy) is 2. The summed E-state index contributed by atoms with van der Waals surface area (Å²) in [5, 5.41) is 8.65. The molecule has 1 aromatic rings. The topological polar surface area (TPSA) is 72.8 Å². The SMILES string of the molecule is COCCOCCS(=O)c1ccc(CC(=O)O)cc1. The third-order valence-corrected chi connectivity index (χ3v) is 3.72. The van der Waals surface area contributed by atoms with Crippen LogP contribution in [0.4, 0.5) is 0 Å². The van der Waals surface area contributed by atoms with E-state index in [9.17, 15) is 9.00 Å². The molecule has 0 fully saturated rings. The van der Waals surface area contributed by atoms with Crippen LogP contribution in [-0.2, 0) is 31.5 Å². The van der Waals surface area contributed by atoms with Gasteiger partial charge in [-0.1, -0.05) is 12.1 Å². The van der Waals surface area contributed by atoms with Crippen LogP contribution in [0.5, 0.6) is 0 Å². The monoisotopic (exact) mass is 286 g/mol. The van der Waals surface area contributed by atoms with Gasteiger partial charge in [0.25, 0.3) is 0 Å². The third-order valence-electron chi connectivity index (χ3n) is 2.39. The zero-order valence-electron chi connectivity index (χ0n) is 10.8. The highest BCUT2D eigenvalue weighted by Crippen LogP contribution is 2.09. The van der Waals surface area contributed by atoms with E-state index < -0.39 is 16.8 Å². The molecule has 0 aliphatic rings. The molecule has 0 aliphatic heterocycles. The molecular weight excluding hydrogens is 268 g/mol. The van der Waals surface area contributed by atoms with Gasteiger partial charge in [0.1, 0.15) is 0 Å². The summed E-state index contributed by atoms with van der Waals surface area (Å²) in [6.07, 6.45) is -0.0208. The molecule has 1 unspecified atom stereocenters. The van der Waals surface area contributed by atoms with Gasteiger partial charge >= 0.3 is 5.97 Å². The van der Waals surface area contributed by atoms with Crippen molar-refractivity contribution in [3.63, 3.8) is 0 Å². The summed E-state index contributed by atoms with van der Waals surface area (Å²) < 4.78 is 22.0. The molecule has 6 heteroatoms. The van der Waals surface area contributed by atoms with Crippen molar-refractivity contribution in [3.8, 4) is 0 Å².